The maximum atomic E-state index is 14.0. The zero-order chi connectivity index (χ0) is 23.1. The minimum Gasteiger partial charge on any atom is -0.497 e. The third-order valence-corrected chi connectivity index (χ3v) is 5.30. The van der Waals surface area contributed by atoms with E-state index >= 15 is 0 Å². The average molecular weight is 454 g/mol. The normalized spacial score (nSPS) is 12.5. The van der Waals surface area contributed by atoms with E-state index in [2.05, 4.69) is 9.97 Å². The monoisotopic (exact) mass is 453 g/mol. The van der Waals surface area contributed by atoms with Crippen LogP contribution in [-0.2, 0) is 26.3 Å². The second-order valence-electron chi connectivity index (χ2n) is 7.14. The van der Waals surface area contributed by atoms with Gasteiger partial charge in [0.1, 0.15) is 16.7 Å². The SMILES string of the molecule is CCOC(=O)C(C)(C(=O)N(Cc1ccc(Cl)nc1)c1ccccn1)c1ccc(OC)cc1. The first-order valence-corrected chi connectivity index (χ1v) is 10.4. The van der Waals surface area contributed by atoms with Crippen LogP contribution in [-0.4, -0.2) is 35.6 Å². The molecule has 32 heavy (non-hydrogen) atoms. The molecule has 0 bridgehead atoms. The van der Waals surface area contributed by atoms with Crippen LogP contribution in [0.15, 0.2) is 67.0 Å². The van der Waals surface area contributed by atoms with Crippen LogP contribution < -0.4 is 9.64 Å². The van der Waals surface area contributed by atoms with Crippen molar-refractivity contribution in [2.45, 2.75) is 25.8 Å². The predicted molar refractivity (Wildman–Crippen MR) is 122 cm³/mol. The molecule has 0 N–H and O–H groups in total. The lowest BCUT2D eigenvalue weighted by Gasteiger charge is -2.33. The van der Waals surface area contributed by atoms with Gasteiger partial charge in [0.15, 0.2) is 5.41 Å². The Morgan fingerprint density at radius 3 is 2.38 bits per heavy atom. The number of carbonyl (C=O) groups excluding carboxylic acids is 2. The number of esters is 1. The van der Waals surface area contributed by atoms with Crippen molar-refractivity contribution in [2.75, 3.05) is 18.6 Å². The third kappa shape index (κ3) is 4.89. The topological polar surface area (TPSA) is 81.6 Å². The molecule has 0 fully saturated rings. The van der Waals surface area contributed by atoms with E-state index < -0.39 is 17.3 Å². The highest BCUT2D eigenvalue weighted by molar-refractivity contribution is 6.29. The maximum Gasteiger partial charge on any atom is 0.325 e. The van der Waals surface area contributed by atoms with Crippen LogP contribution in [0.5, 0.6) is 5.75 Å². The lowest BCUT2D eigenvalue weighted by molar-refractivity contribution is -0.153. The lowest BCUT2D eigenvalue weighted by Crippen LogP contribution is -2.51. The van der Waals surface area contributed by atoms with E-state index in [1.54, 1.807) is 87.9 Å². The van der Waals surface area contributed by atoms with E-state index in [1.807, 2.05) is 0 Å². The molecule has 8 heteroatoms. The van der Waals surface area contributed by atoms with Crippen molar-refractivity contribution in [1.82, 2.24) is 9.97 Å². The Hall–Kier alpha value is -3.45. The molecule has 166 valence electrons. The molecular formula is C24H24ClN3O4. The third-order valence-electron chi connectivity index (χ3n) is 5.08. The van der Waals surface area contributed by atoms with Crippen molar-refractivity contribution in [1.29, 1.82) is 0 Å². The number of hydrogen-bond donors (Lipinski definition) is 0. The number of pyridine rings is 2. The van der Waals surface area contributed by atoms with E-state index in [0.29, 0.717) is 22.3 Å². The summed E-state index contributed by atoms with van der Waals surface area (Å²) in [7, 11) is 1.55. The van der Waals surface area contributed by atoms with Crippen LogP contribution in [0.1, 0.15) is 25.0 Å². The number of aromatic nitrogens is 2. The largest absolute Gasteiger partial charge is 0.497 e. The van der Waals surface area contributed by atoms with E-state index in [9.17, 15) is 9.59 Å². The molecule has 0 saturated carbocycles. The second-order valence-corrected chi connectivity index (χ2v) is 7.53. The molecule has 0 aliphatic heterocycles. The maximum absolute atomic E-state index is 14.0. The molecule has 0 aliphatic carbocycles. The number of benzene rings is 1. The van der Waals surface area contributed by atoms with Crippen LogP contribution in [0.3, 0.4) is 0 Å². The first-order chi connectivity index (χ1) is 15.4. The van der Waals surface area contributed by atoms with Gasteiger partial charge in [0, 0.05) is 12.4 Å². The summed E-state index contributed by atoms with van der Waals surface area (Å²) in [4.78, 5) is 37.0. The van der Waals surface area contributed by atoms with Gasteiger partial charge < -0.3 is 9.47 Å². The van der Waals surface area contributed by atoms with Gasteiger partial charge in [0.25, 0.3) is 0 Å². The van der Waals surface area contributed by atoms with E-state index in [4.69, 9.17) is 21.1 Å². The zero-order valence-corrected chi connectivity index (χ0v) is 18.9. The summed E-state index contributed by atoms with van der Waals surface area (Å²) in [6, 6.07) is 15.4. The van der Waals surface area contributed by atoms with Gasteiger partial charge in [-0.3, -0.25) is 14.5 Å². The van der Waals surface area contributed by atoms with E-state index in [-0.39, 0.29) is 13.2 Å². The average Bonchev–Trinajstić information content (AvgIpc) is 2.83. The molecule has 1 atom stereocenters. The summed E-state index contributed by atoms with van der Waals surface area (Å²) < 4.78 is 10.5. The molecule has 1 amide bonds. The summed E-state index contributed by atoms with van der Waals surface area (Å²) in [6.07, 6.45) is 3.17. The number of methoxy groups -OCH3 is 1. The Balaban J connectivity index is 2.09. The minimum atomic E-state index is -1.61. The van der Waals surface area contributed by atoms with Crippen LogP contribution >= 0.6 is 11.6 Å². The number of nitrogens with zero attached hydrogens (tertiary/aromatic N) is 3. The van der Waals surface area contributed by atoms with E-state index in [0.717, 1.165) is 5.56 Å². The van der Waals surface area contributed by atoms with Crippen molar-refractivity contribution in [3.05, 3.63) is 83.3 Å². The first-order valence-electron chi connectivity index (χ1n) is 10.0. The van der Waals surface area contributed by atoms with E-state index in [1.165, 1.54) is 4.90 Å². The van der Waals surface area contributed by atoms with Crippen LogP contribution in [0.4, 0.5) is 5.82 Å². The standard InChI is InChI=1S/C24H24ClN3O4/c1-4-32-23(30)24(2,18-9-11-19(31-3)12-10-18)22(29)28(21-7-5-6-14-26-21)16-17-8-13-20(25)27-15-17/h5-15H,4,16H2,1-3H3. The Kier molecular flexibility index (Phi) is 7.43. The van der Waals surface area contributed by atoms with Crippen molar-refractivity contribution >= 4 is 29.3 Å². The van der Waals surface area contributed by atoms with Crippen molar-refractivity contribution in [3.8, 4) is 5.75 Å². The Morgan fingerprint density at radius 1 is 1.06 bits per heavy atom. The molecule has 1 unspecified atom stereocenters. The number of rotatable bonds is 8. The fourth-order valence-electron chi connectivity index (χ4n) is 3.25. The quantitative estimate of drug-likeness (QED) is 0.289. The smallest absolute Gasteiger partial charge is 0.325 e. The molecular weight excluding hydrogens is 430 g/mol. The molecule has 0 radical (unpaired) electrons. The number of ether oxygens (including phenoxy) is 2. The van der Waals surface area contributed by atoms with Gasteiger partial charge in [-0.15, -0.1) is 0 Å². The molecule has 7 nitrogen and oxygen atoms in total. The molecule has 0 saturated heterocycles. The minimum absolute atomic E-state index is 0.141. The zero-order valence-electron chi connectivity index (χ0n) is 18.1. The first kappa shape index (κ1) is 23.2. The van der Waals surface area contributed by atoms with Gasteiger partial charge in [0.05, 0.1) is 20.3 Å². The highest BCUT2D eigenvalue weighted by atomic mass is 35.5. The Labute approximate surface area is 192 Å². The van der Waals surface area contributed by atoms with Gasteiger partial charge in [-0.2, -0.15) is 0 Å². The van der Waals surface area contributed by atoms with Crippen LogP contribution in [0.2, 0.25) is 5.15 Å². The van der Waals surface area contributed by atoms with Gasteiger partial charge in [0.2, 0.25) is 5.91 Å². The molecule has 0 spiro atoms. The molecule has 3 aromatic rings. The predicted octanol–water partition coefficient (Wildman–Crippen LogP) is 4.19. The van der Waals surface area contributed by atoms with Gasteiger partial charge in [-0.1, -0.05) is 35.9 Å². The number of amides is 1. The number of halogens is 1. The van der Waals surface area contributed by atoms with Gasteiger partial charge in [-0.25, -0.2) is 9.97 Å². The van der Waals surface area contributed by atoms with Crippen LogP contribution in [0, 0.1) is 0 Å². The number of carbonyl (C=O) groups is 2. The molecule has 2 heterocycles. The Morgan fingerprint density at radius 2 is 1.81 bits per heavy atom. The molecule has 3 rings (SSSR count). The lowest BCUT2D eigenvalue weighted by atomic mass is 9.80. The summed E-state index contributed by atoms with van der Waals surface area (Å²) >= 11 is 5.91. The molecule has 2 aromatic heterocycles. The van der Waals surface area contributed by atoms with Crippen LogP contribution in [0.25, 0.3) is 0 Å². The summed E-state index contributed by atoms with van der Waals surface area (Å²) in [6.45, 7) is 3.55. The highest BCUT2D eigenvalue weighted by Crippen LogP contribution is 2.32. The van der Waals surface area contributed by atoms with Crippen molar-refractivity contribution in [2.24, 2.45) is 0 Å². The Bertz CT molecular complexity index is 1060. The summed E-state index contributed by atoms with van der Waals surface area (Å²) in [5.41, 5.74) is -0.397. The van der Waals surface area contributed by atoms with Gasteiger partial charge >= 0.3 is 5.97 Å². The highest BCUT2D eigenvalue weighted by Gasteiger charge is 2.47. The van der Waals surface area contributed by atoms with Crippen molar-refractivity contribution in [3.63, 3.8) is 0 Å². The molecule has 0 aliphatic rings. The van der Waals surface area contributed by atoms with Crippen molar-refractivity contribution < 1.29 is 19.1 Å². The summed E-state index contributed by atoms with van der Waals surface area (Å²) in [5.74, 6) is -0.113. The fraction of sp³-hybridized carbons (Fsp3) is 0.250. The summed E-state index contributed by atoms with van der Waals surface area (Å²) in [5, 5.41) is 0.346. The second kappa shape index (κ2) is 10.2. The fourth-order valence-corrected chi connectivity index (χ4v) is 3.36. The molecule has 1 aromatic carbocycles. The number of anilines is 1. The number of hydrogen-bond acceptors (Lipinski definition) is 6. The van der Waals surface area contributed by atoms with Gasteiger partial charge in [-0.05, 0) is 55.3 Å².